The second-order valence-corrected chi connectivity index (χ2v) is 14.4. The van der Waals surface area contributed by atoms with E-state index in [4.69, 9.17) is 9.05 Å². The molecule has 0 aliphatic heterocycles. The largest absolute Gasteiger partial charge is 0.472 e. The standard InChI is InChI=1S/C33H67N2O6P/c1-6-8-10-11-12-13-14-15-16-17-18-19-20-21-22-23-25-26-32(36)31(34-33(37)27-24-9-7-2)30-41-42(38,39)40-29-28-35(3,4)5/h25-26,31-32,36H,6-24,27-30H2,1-5H3,(H-,34,37,38,39)/p+1/b26-25+. The van der Waals surface area contributed by atoms with Gasteiger partial charge in [-0.05, 0) is 19.3 Å². The zero-order valence-electron chi connectivity index (χ0n) is 28.0. The molecule has 3 N–H and O–H groups in total. The number of aliphatic hydroxyl groups excluding tert-OH is 1. The van der Waals surface area contributed by atoms with Crippen LogP contribution in [0.3, 0.4) is 0 Å². The van der Waals surface area contributed by atoms with Crippen LogP contribution in [-0.4, -0.2) is 73.4 Å². The van der Waals surface area contributed by atoms with E-state index in [1.54, 1.807) is 6.08 Å². The van der Waals surface area contributed by atoms with E-state index in [-0.39, 0.29) is 19.1 Å². The summed E-state index contributed by atoms with van der Waals surface area (Å²) in [7, 11) is 1.57. The molecule has 250 valence electrons. The summed E-state index contributed by atoms with van der Waals surface area (Å²) < 4.78 is 23.2. The van der Waals surface area contributed by atoms with Crippen molar-refractivity contribution < 1.29 is 32.9 Å². The number of rotatable bonds is 30. The van der Waals surface area contributed by atoms with Crippen LogP contribution in [0.2, 0.25) is 0 Å². The van der Waals surface area contributed by atoms with E-state index in [1.165, 1.54) is 83.5 Å². The van der Waals surface area contributed by atoms with Crippen molar-refractivity contribution in [2.24, 2.45) is 0 Å². The Morgan fingerprint density at radius 3 is 1.76 bits per heavy atom. The molecule has 3 unspecified atom stereocenters. The lowest BCUT2D eigenvalue weighted by Gasteiger charge is -2.25. The van der Waals surface area contributed by atoms with E-state index in [2.05, 4.69) is 19.2 Å². The smallest absolute Gasteiger partial charge is 0.387 e. The predicted molar refractivity (Wildman–Crippen MR) is 175 cm³/mol. The van der Waals surface area contributed by atoms with Crippen LogP contribution in [0, 0.1) is 0 Å². The van der Waals surface area contributed by atoms with Crippen LogP contribution in [0.25, 0.3) is 0 Å². The number of phosphoric acid groups is 1. The summed E-state index contributed by atoms with van der Waals surface area (Å²) in [6.45, 7) is 4.62. The van der Waals surface area contributed by atoms with Crippen molar-refractivity contribution in [3.05, 3.63) is 12.2 Å². The number of carbonyl (C=O) groups excluding carboxylic acids is 1. The SMILES string of the molecule is CCCCCCCCCCCCCCCCC/C=C/C(O)C(COP(=O)(O)OCC[N+](C)(C)C)NC(=O)CCCCC. The van der Waals surface area contributed by atoms with Crippen molar-refractivity contribution in [2.75, 3.05) is 40.9 Å². The quantitative estimate of drug-likeness (QED) is 0.0325. The van der Waals surface area contributed by atoms with Gasteiger partial charge in [0.05, 0.1) is 39.9 Å². The van der Waals surface area contributed by atoms with Gasteiger partial charge in [0.2, 0.25) is 5.91 Å². The molecule has 0 heterocycles. The Labute approximate surface area is 259 Å². The zero-order chi connectivity index (χ0) is 31.5. The van der Waals surface area contributed by atoms with E-state index in [0.717, 1.165) is 38.5 Å². The Bertz CT molecular complexity index is 713. The second kappa shape index (κ2) is 26.6. The molecule has 0 aromatic heterocycles. The highest BCUT2D eigenvalue weighted by Gasteiger charge is 2.27. The van der Waals surface area contributed by atoms with Crippen LogP contribution in [-0.2, 0) is 18.4 Å². The monoisotopic (exact) mass is 619 g/mol. The molecule has 0 aliphatic carbocycles. The summed E-state index contributed by atoms with van der Waals surface area (Å²) in [5.41, 5.74) is 0. The van der Waals surface area contributed by atoms with Crippen LogP contribution in [0.5, 0.6) is 0 Å². The van der Waals surface area contributed by atoms with Gasteiger partial charge in [-0.25, -0.2) is 4.57 Å². The number of quaternary nitrogens is 1. The molecule has 1 amide bonds. The molecule has 0 aliphatic rings. The minimum absolute atomic E-state index is 0.0625. The van der Waals surface area contributed by atoms with E-state index in [9.17, 15) is 19.4 Å². The fourth-order valence-corrected chi connectivity index (χ4v) is 5.42. The number of amides is 1. The molecule has 0 aromatic rings. The number of nitrogens with zero attached hydrogens (tertiary/aromatic N) is 1. The van der Waals surface area contributed by atoms with Gasteiger partial charge in [-0.3, -0.25) is 13.8 Å². The first-order valence-electron chi connectivity index (χ1n) is 17.1. The summed E-state index contributed by atoms with van der Waals surface area (Å²) in [5.74, 6) is -0.203. The number of carbonyl (C=O) groups is 1. The number of hydrogen-bond acceptors (Lipinski definition) is 5. The predicted octanol–water partition coefficient (Wildman–Crippen LogP) is 8.07. The molecule has 42 heavy (non-hydrogen) atoms. The van der Waals surface area contributed by atoms with Gasteiger partial charge in [-0.1, -0.05) is 129 Å². The van der Waals surface area contributed by atoms with Crippen LogP contribution in [0.1, 0.15) is 142 Å². The Morgan fingerprint density at radius 1 is 0.786 bits per heavy atom. The number of nitrogens with one attached hydrogen (secondary N) is 1. The van der Waals surface area contributed by atoms with Crippen LogP contribution >= 0.6 is 7.82 Å². The van der Waals surface area contributed by atoms with Gasteiger partial charge in [0.15, 0.2) is 0 Å². The van der Waals surface area contributed by atoms with E-state index in [0.29, 0.717) is 17.4 Å². The Kier molecular flexibility index (Phi) is 26.1. The normalized spacial score (nSPS) is 15.1. The Balaban J connectivity index is 4.29. The average molecular weight is 620 g/mol. The highest BCUT2D eigenvalue weighted by Crippen LogP contribution is 2.43. The number of aliphatic hydroxyl groups is 1. The molecule has 9 heteroatoms. The van der Waals surface area contributed by atoms with E-state index >= 15 is 0 Å². The lowest BCUT2D eigenvalue weighted by Crippen LogP contribution is -2.45. The number of hydrogen-bond donors (Lipinski definition) is 3. The second-order valence-electron chi connectivity index (χ2n) is 12.9. The minimum atomic E-state index is -4.30. The topological polar surface area (TPSA) is 105 Å². The average Bonchev–Trinajstić information content (AvgIpc) is 2.92. The van der Waals surface area contributed by atoms with Gasteiger partial charge in [-0.15, -0.1) is 0 Å². The van der Waals surface area contributed by atoms with Gasteiger partial charge in [-0.2, -0.15) is 0 Å². The number of phosphoric ester groups is 1. The summed E-state index contributed by atoms with van der Waals surface area (Å²) in [6, 6.07) is -0.834. The highest BCUT2D eigenvalue weighted by atomic mass is 31.2. The molecule has 0 aromatic carbocycles. The summed E-state index contributed by atoms with van der Waals surface area (Å²) in [5, 5.41) is 13.5. The minimum Gasteiger partial charge on any atom is -0.387 e. The Hall–Kier alpha value is -0.760. The van der Waals surface area contributed by atoms with Gasteiger partial charge >= 0.3 is 7.82 Å². The maximum Gasteiger partial charge on any atom is 0.472 e. The molecular formula is C33H68N2O6P+. The first-order valence-corrected chi connectivity index (χ1v) is 18.6. The lowest BCUT2D eigenvalue weighted by atomic mass is 10.0. The van der Waals surface area contributed by atoms with Crippen molar-refractivity contribution in [3.63, 3.8) is 0 Å². The molecular weight excluding hydrogens is 551 g/mol. The number of unbranched alkanes of at least 4 members (excludes halogenated alkanes) is 17. The molecule has 0 rings (SSSR count). The fraction of sp³-hybridized carbons (Fsp3) is 0.909. The van der Waals surface area contributed by atoms with Crippen LogP contribution in [0.15, 0.2) is 12.2 Å². The van der Waals surface area contributed by atoms with Gasteiger partial charge in [0, 0.05) is 6.42 Å². The molecule has 3 atom stereocenters. The summed E-state index contributed by atoms with van der Waals surface area (Å²) in [4.78, 5) is 22.5. The molecule has 0 bridgehead atoms. The summed E-state index contributed by atoms with van der Waals surface area (Å²) in [6.07, 6.45) is 26.3. The molecule has 0 saturated heterocycles. The van der Waals surface area contributed by atoms with Gasteiger partial charge in [0.25, 0.3) is 0 Å². The third-order valence-electron chi connectivity index (χ3n) is 7.51. The maximum atomic E-state index is 12.4. The van der Waals surface area contributed by atoms with E-state index in [1.807, 2.05) is 27.2 Å². The maximum absolute atomic E-state index is 12.4. The molecule has 0 fully saturated rings. The van der Waals surface area contributed by atoms with Crippen LogP contribution < -0.4 is 5.32 Å². The van der Waals surface area contributed by atoms with Crippen LogP contribution in [0.4, 0.5) is 0 Å². The van der Waals surface area contributed by atoms with Crippen molar-refractivity contribution in [2.45, 2.75) is 154 Å². The van der Waals surface area contributed by atoms with Crippen molar-refractivity contribution in [1.82, 2.24) is 5.32 Å². The fourth-order valence-electron chi connectivity index (χ4n) is 4.69. The molecule has 0 saturated carbocycles. The number of allylic oxidation sites excluding steroid dienone is 1. The van der Waals surface area contributed by atoms with Crippen molar-refractivity contribution >= 4 is 13.7 Å². The first kappa shape index (κ1) is 41.2. The van der Waals surface area contributed by atoms with Gasteiger partial charge < -0.3 is 19.8 Å². The molecule has 0 radical (unpaired) electrons. The number of likely N-dealkylation sites (N-methyl/N-ethyl adjacent to an activating group) is 1. The third-order valence-corrected chi connectivity index (χ3v) is 8.49. The molecule has 8 nitrogen and oxygen atoms in total. The molecule has 0 spiro atoms. The first-order chi connectivity index (χ1) is 20.0. The van der Waals surface area contributed by atoms with Gasteiger partial charge in [0.1, 0.15) is 13.2 Å². The van der Waals surface area contributed by atoms with Crippen molar-refractivity contribution in [3.8, 4) is 0 Å². The van der Waals surface area contributed by atoms with E-state index < -0.39 is 20.0 Å². The van der Waals surface area contributed by atoms with Crippen molar-refractivity contribution in [1.29, 1.82) is 0 Å². The highest BCUT2D eigenvalue weighted by molar-refractivity contribution is 7.47. The zero-order valence-corrected chi connectivity index (χ0v) is 28.9. The Morgan fingerprint density at radius 2 is 1.26 bits per heavy atom. The lowest BCUT2D eigenvalue weighted by molar-refractivity contribution is -0.870. The third kappa shape index (κ3) is 28.0. The summed E-state index contributed by atoms with van der Waals surface area (Å²) >= 11 is 0.